The van der Waals surface area contributed by atoms with Crippen LogP contribution in [0.5, 0.6) is 0 Å². The van der Waals surface area contributed by atoms with Gasteiger partial charge >= 0.3 is 0 Å². The highest BCUT2D eigenvalue weighted by molar-refractivity contribution is 5.91. The second kappa shape index (κ2) is 6.54. The van der Waals surface area contributed by atoms with Crippen molar-refractivity contribution in [2.45, 2.75) is 32.2 Å². The summed E-state index contributed by atoms with van der Waals surface area (Å²) in [6, 6.07) is 3.59. The molecular weight excluding hydrogens is 269 g/mol. The first-order chi connectivity index (χ1) is 10.2. The highest BCUT2D eigenvalue weighted by Gasteiger charge is 2.20. The summed E-state index contributed by atoms with van der Waals surface area (Å²) in [5.41, 5.74) is 2.07. The van der Waals surface area contributed by atoms with Gasteiger partial charge in [-0.25, -0.2) is 4.39 Å². The lowest BCUT2D eigenvalue weighted by molar-refractivity contribution is -0.117. The molecule has 0 unspecified atom stereocenters. The number of carbonyl (C=O) groups excluding carboxylic acids is 1. The third-order valence-electron chi connectivity index (χ3n) is 4.41. The number of rotatable bonds is 3. The maximum absolute atomic E-state index is 14.4. The summed E-state index contributed by atoms with van der Waals surface area (Å²) in [5.74, 6) is 0.0819. The van der Waals surface area contributed by atoms with E-state index in [2.05, 4.69) is 16.0 Å². The summed E-state index contributed by atoms with van der Waals surface area (Å²) in [7, 11) is 0. The van der Waals surface area contributed by atoms with E-state index in [0.29, 0.717) is 31.0 Å². The molecule has 114 valence electrons. The van der Waals surface area contributed by atoms with E-state index >= 15 is 0 Å². The van der Waals surface area contributed by atoms with Gasteiger partial charge in [-0.1, -0.05) is 6.07 Å². The van der Waals surface area contributed by atoms with Crippen molar-refractivity contribution < 1.29 is 9.18 Å². The fraction of sp³-hybridized carbons (Fsp3) is 0.562. The molecule has 2 aliphatic heterocycles. The van der Waals surface area contributed by atoms with Crippen LogP contribution < -0.4 is 16.0 Å². The van der Waals surface area contributed by atoms with E-state index in [-0.39, 0.29) is 11.7 Å². The molecule has 3 rings (SSSR count). The second-order valence-electron chi connectivity index (χ2n) is 5.94. The fourth-order valence-electron chi connectivity index (χ4n) is 3.18. The number of anilines is 1. The molecule has 2 heterocycles. The van der Waals surface area contributed by atoms with Gasteiger partial charge in [0.15, 0.2) is 0 Å². The van der Waals surface area contributed by atoms with E-state index in [1.807, 2.05) is 6.07 Å². The Bertz CT molecular complexity index is 526. The van der Waals surface area contributed by atoms with Crippen molar-refractivity contribution in [3.8, 4) is 0 Å². The van der Waals surface area contributed by atoms with Crippen LogP contribution in [0.3, 0.4) is 0 Å². The van der Waals surface area contributed by atoms with E-state index in [1.165, 1.54) is 0 Å². The van der Waals surface area contributed by atoms with Gasteiger partial charge in [0.25, 0.3) is 0 Å². The van der Waals surface area contributed by atoms with Crippen LogP contribution in [0, 0.1) is 11.7 Å². The average molecular weight is 291 g/mol. The predicted molar refractivity (Wildman–Crippen MR) is 80.7 cm³/mol. The van der Waals surface area contributed by atoms with E-state index in [0.717, 1.165) is 43.6 Å². The minimum absolute atomic E-state index is 0.0744. The van der Waals surface area contributed by atoms with Gasteiger partial charge in [-0.3, -0.25) is 4.79 Å². The Morgan fingerprint density at radius 3 is 2.86 bits per heavy atom. The maximum atomic E-state index is 14.4. The topological polar surface area (TPSA) is 53.2 Å². The number of piperidine rings is 1. The Hall–Kier alpha value is -1.46. The quantitative estimate of drug-likeness (QED) is 0.796. The van der Waals surface area contributed by atoms with Gasteiger partial charge in [0, 0.05) is 13.0 Å². The standard InChI is InChI=1S/C16H22FN3O/c17-16-13-5-8-19-10-12(13)1-2-14(16)20-15(21)9-11-3-6-18-7-4-11/h1-2,11,18-19H,3-10H2,(H,20,21). The Morgan fingerprint density at radius 1 is 1.24 bits per heavy atom. The molecular formula is C16H22FN3O. The van der Waals surface area contributed by atoms with Crippen LogP contribution in [0.2, 0.25) is 0 Å². The van der Waals surface area contributed by atoms with E-state index < -0.39 is 0 Å². The third kappa shape index (κ3) is 3.41. The minimum Gasteiger partial charge on any atom is -0.324 e. The molecule has 4 nitrogen and oxygen atoms in total. The van der Waals surface area contributed by atoms with Gasteiger partial charge in [0.05, 0.1) is 5.69 Å². The summed E-state index contributed by atoms with van der Waals surface area (Å²) in [6.45, 7) is 3.43. The molecule has 0 aliphatic carbocycles. The predicted octanol–water partition coefficient (Wildman–Crippen LogP) is 1.80. The molecule has 1 aromatic carbocycles. The fourth-order valence-corrected chi connectivity index (χ4v) is 3.18. The number of fused-ring (bicyclic) bond motifs is 1. The summed E-state index contributed by atoms with van der Waals surface area (Å²) in [5, 5.41) is 9.26. The number of hydrogen-bond acceptors (Lipinski definition) is 3. The number of benzene rings is 1. The molecule has 1 aromatic rings. The molecule has 0 atom stereocenters. The average Bonchev–Trinajstić information content (AvgIpc) is 2.51. The van der Waals surface area contributed by atoms with Crippen molar-refractivity contribution in [1.29, 1.82) is 0 Å². The Morgan fingerprint density at radius 2 is 2.05 bits per heavy atom. The minimum atomic E-state index is -0.257. The van der Waals surface area contributed by atoms with Crippen molar-refractivity contribution in [1.82, 2.24) is 10.6 Å². The Labute approximate surface area is 124 Å². The monoisotopic (exact) mass is 291 g/mol. The van der Waals surface area contributed by atoms with E-state index in [4.69, 9.17) is 0 Å². The van der Waals surface area contributed by atoms with Gasteiger partial charge in [0.1, 0.15) is 5.82 Å². The lowest BCUT2D eigenvalue weighted by Gasteiger charge is -2.22. The molecule has 0 spiro atoms. The molecule has 5 heteroatoms. The normalized spacial score (nSPS) is 19.1. The first-order valence-electron chi connectivity index (χ1n) is 7.75. The van der Waals surface area contributed by atoms with Crippen molar-refractivity contribution >= 4 is 11.6 Å². The van der Waals surface area contributed by atoms with Crippen molar-refractivity contribution in [2.24, 2.45) is 5.92 Å². The van der Waals surface area contributed by atoms with Crippen LogP contribution in [0.4, 0.5) is 10.1 Å². The molecule has 2 aliphatic rings. The van der Waals surface area contributed by atoms with Crippen LogP contribution in [0.25, 0.3) is 0 Å². The van der Waals surface area contributed by atoms with Crippen molar-refractivity contribution in [3.05, 3.63) is 29.1 Å². The zero-order valence-electron chi connectivity index (χ0n) is 12.2. The van der Waals surface area contributed by atoms with Gasteiger partial charge in [-0.15, -0.1) is 0 Å². The highest BCUT2D eigenvalue weighted by atomic mass is 19.1. The van der Waals surface area contributed by atoms with Gasteiger partial charge in [-0.2, -0.15) is 0 Å². The molecule has 1 saturated heterocycles. The first kappa shape index (κ1) is 14.5. The summed E-state index contributed by atoms with van der Waals surface area (Å²) < 4.78 is 14.4. The van der Waals surface area contributed by atoms with Crippen LogP contribution in [0.1, 0.15) is 30.4 Å². The van der Waals surface area contributed by atoms with Crippen LogP contribution in [-0.2, 0) is 17.8 Å². The lowest BCUT2D eigenvalue weighted by Crippen LogP contribution is -2.30. The number of carbonyl (C=O) groups is 1. The van der Waals surface area contributed by atoms with E-state index in [1.54, 1.807) is 6.07 Å². The number of nitrogens with one attached hydrogen (secondary N) is 3. The number of amides is 1. The van der Waals surface area contributed by atoms with Crippen LogP contribution >= 0.6 is 0 Å². The van der Waals surface area contributed by atoms with Crippen LogP contribution in [0.15, 0.2) is 12.1 Å². The highest BCUT2D eigenvalue weighted by Crippen LogP contribution is 2.25. The van der Waals surface area contributed by atoms with Gasteiger partial charge in [-0.05, 0) is 62.0 Å². The Kier molecular flexibility index (Phi) is 4.51. The summed E-state index contributed by atoms with van der Waals surface area (Å²) in [6.07, 6.45) is 3.20. The number of halogens is 1. The largest absolute Gasteiger partial charge is 0.324 e. The lowest BCUT2D eigenvalue weighted by atomic mass is 9.94. The first-order valence-corrected chi connectivity index (χ1v) is 7.75. The zero-order valence-corrected chi connectivity index (χ0v) is 12.2. The molecule has 0 bridgehead atoms. The molecule has 0 saturated carbocycles. The molecule has 3 N–H and O–H groups in total. The van der Waals surface area contributed by atoms with Gasteiger partial charge < -0.3 is 16.0 Å². The van der Waals surface area contributed by atoms with Gasteiger partial charge in [0.2, 0.25) is 5.91 Å². The SMILES string of the molecule is O=C(CC1CCNCC1)Nc1ccc2c(c1F)CCNC2. The maximum Gasteiger partial charge on any atom is 0.224 e. The second-order valence-corrected chi connectivity index (χ2v) is 5.94. The summed E-state index contributed by atoms with van der Waals surface area (Å²) >= 11 is 0. The van der Waals surface area contributed by atoms with Crippen molar-refractivity contribution in [2.75, 3.05) is 25.0 Å². The zero-order chi connectivity index (χ0) is 14.7. The number of hydrogen-bond donors (Lipinski definition) is 3. The van der Waals surface area contributed by atoms with E-state index in [9.17, 15) is 9.18 Å². The van der Waals surface area contributed by atoms with Crippen molar-refractivity contribution in [3.63, 3.8) is 0 Å². The third-order valence-corrected chi connectivity index (χ3v) is 4.41. The summed E-state index contributed by atoms with van der Waals surface area (Å²) in [4.78, 5) is 12.1. The molecule has 1 amide bonds. The smallest absolute Gasteiger partial charge is 0.224 e. The molecule has 1 fully saturated rings. The molecule has 0 aromatic heterocycles. The Balaban J connectivity index is 1.65. The molecule has 21 heavy (non-hydrogen) atoms. The van der Waals surface area contributed by atoms with Crippen LogP contribution in [-0.4, -0.2) is 25.5 Å². The molecule has 0 radical (unpaired) electrons.